The number of aliphatic hydroxyl groups is 2. The summed E-state index contributed by atoms with van der Waals surface area (Å²) in [6.07, 6.45) is -1.74. The molecule has 6 N–H and O–H groups in total. The molecule has 1 saturated carbocycles. The summed E-state index contributed by atoms with van der Waals surface area (Å²) >= 11 is 1.46. The Morgan fingerprint density at radius 2 is 1.63 bits per heavy atom. The summed E-state index contributed by atoms with van der Waals surface area (Å²) in [5.74, 6) is -2.20. The van der Waals surface area contributed by atoms with Crippen molar-refractivity contribution in [3.05, 3.63) is 65.2 Å². The molecule has 1 aliphatic carbocycles. The van der Waals surface area contributed by atoms with Crippen LogP contribution in [0, 0.1) is 19.8 Å². The van der Waals surface area contributed by atoms with E-state index in [0.717, 1.165) is 21.6 Å². The van der Waals surface area contributed by atoms with Crippen LogP contribution in [0.1, 0.15) is 56.7 Å². The van der Waals surface area contributed by atoms with Gasteiger partial charge in [-0.15, -0.1) is 0 Å². The summed E-state index contributed by atoms with van der Waals surface area (Å²) in [5, 5.41) is 32.5. The zero-order valence-corrected chi connectivity index (χ0v) is 34.9. The molecule has 1 spiro atoms. The number of aliphatic hydroxyl groups excluding tert-OH is 2. The summed E-state index contributed by atoms with van der Waals surface area (Å²) in [4.78, 5) is 99.4. The lowest BCUT2D eigenvalue weighted by atomic mass is 10.0. The fourth-order valence-electron chi connectivity index (χ4n) is 8.43. The maximum atomic E-state index is 14.3. The Labute approximate surface area is 348 Å². The first-order valence-electron chi connectivity index (χ1n) is 20.2. The minimum atomic E-state index is -1.57. The zero-order chi connectivity index (χ0) is 42.8. The van der Waals surface area contributed by atoms with Gasteiger partial charge in [0.05, 0.1) is 12.2 Å². The molecule has 4 fully saturated rings. The largest absolute Gasteiger partial charge is 0.391 e. The Morgan fingerprint density at radius 3 is 2.29 bits per heavy atom. The van der Waals surface area contributed by atoms with E-state index in [4.69, 9.17) is 0 Å². The number of Topliss-reactive ketones (excluding diaryl/α,β-unsaturated/α-hetero) is 1. The van der Waals surface area contributed by atoms with E-state index in [0.29, 0.717) is 30.8 Å². The molecule has 3 aliphatic heterocycles. The molecular formula is C42H55N7O9S. The number of hydrogen-bond donors (Lipinski definition) is 6. The number of rotatable bonds is 12. The maximum Gasteiger partial charge on any atom is 0.319 e. The normalized spacial score (nSPS) is 25.8. The van der Waals surface area contributed by atoms with E-state index in [1.54, 1.807) is 30.0 Å². The van der Waals surface area contributed by atoms with Crippen LogP contribution in [-0.2, 0) is 35.2 Å². The van der Waals surface area contributed by atoms with Crippen molar-refractivity contribution in [2.75, 3.05) is 36.5 Å². The minimum Gasteiger partial charge on any atom is -0.391 e. The monoisotopic (exact) mass is 833 g/mol. The highest BCUT2D eigenvalue weighted by atomic mass is 32.2. The fraction of sp³-hybridized carbons (Fsp3) is 0.548. The van der Waals surface area contributed by atoms with Gasteiger partial charge in [0.2, 0.25) is 29.5 Å². The Morgan fingerprint density at radius 1 is 0.915 bits per heavy atom. The Kier molecular flexibility index (Phi) is 13.4. The number of amides is 7. The Balaban J connectivity index is 1.15. The van der Waals surface area contributed by atoms with Gasteiger partial charge in [0.1, 0.15) is 35.7 Å². The number of aryl methyl sites for hydroxylation is 2. The molecule has 59 heavy (non-hydrogen) atoms. The van der Waals surface area contributed by atoms with Crippen molar-refractivity contribution >= 4 is 58.8 Å². The maximum absolute atomic E-state index is 14.3. The number of ketones is 1. The molecule has 0 bridgehead atoms. The van der Waals surface area contributed by atoms with Gasteiger partial charge in [-0.05, 0) is 57.7 Å². The second-order valence-electron chi connectivity index (χ2n) is 16.6. The molecule has 3 saturated heterocycles. The zero-order valence-electron chi connectivity index (χ0n) is 34.1. The van der Waals surface area contributed by atoms with Gasteiger partial charge in [-0.2, -0.15) is 11.8 Å². The standard InChI is InChI=1S/C42H55N7O9S/c1-23-9-11-29(12-10-23)44-41(58)45-31(16-28-8-6-7-24(2)15-28)36(53)46-35(27(5)50)40(57)48-21-30(51)17-32(48)39(56)47-13-14-59-22-33(47)37(54)43-26(4)38(55)49-20-25(3)18-42(49)19-34(42)52/h6-12,15,25-27,30-33,35,50-51H,13-14,16-22H2,1-5H3,(H,43,54)(H,46,53)(H2,44,45,58)/t25-,26+,27+,30-,31+,32+,33+,35+,42-/m1/s1. The van der Waals surface area contributed by atoms with E-state index in [2.05, 4.69) is 21.3 Å². The average Bonchev–Trinajstić information content (AvgIpc) is 3.47. The van der Waals surface area contributed by atoms with Crippen molar-refractivity contribution < 1.29 is 43.8 Å². The lowest BCUT2D eigenvalue weighted by Gasteiger charge is -2.39. The van der Waals surface area contributed by atoms with Gasteiger partial charge in [-0.3, -0.25) is 28.8 Å². The Bertz CT molecular complexity index is 1960. The van der Waals surface area contributed by atoms with Gasteiger partial charge in [0, 0.05) is 56.1 Å². The predicted molar refractivity (Wildman–Crippen MR) is 220 cm³/mol. The van der Waals surface area contributed by atoms with E-state index in [1.807, 2.05) is 51.1 Å². The highest BCUT2D eigenvalue weighted by Gasteiger charge is 2.63. The van der Waals surface area contributed by atoms with Crippen LogP contribution in [0.15, 0.2) is 48.5 Å². The number of urea groups is 1. The molecule has 2 aromatic carbocycles. The van der Waals surface area contributed by atoms with Crippen LogP contribution in [0.2, 0.25) is 0 Å². The lowest BCUT2D eigenvalue weighted by Crippen LogP contribution is -2.62. The number of carbonyl (C=O) groups excluding carboxylic acids is 7. The topological polar surface area (TPSA) is 218 Å². The highest BCUT2D eigenvalue weighted by molar-refractivity contribution is 7.99. The molecule has 4 aliphatic rings. The summed E-state index contributed by atoms with van der Waals surface area (Å²) in [6, 6.07) is 7.86. The number of benzene rings is 2. The van der Waals surface area contributed by atoms with Gasteiger partial charge >= 0.3 is 6.03 Å². The highest BCUT2D eigenvalue weighted by Crippen LogP contribution is 2.48. The summed E-state index contributed by atoms with van der Waals surface area (Å²) in [5.41, 5.74) is 2.38. The molecule has 0 aromatic heterocycles. The molecule has 9 atom stereocenters. The fourth-order valence-corrected chi connectivity index (χ4v) is 9.48. The number of thioether (sulfide) groups is 1. The first-order chi connectivity index (χ1) is 28.0. The summed E-state index contributed by atoms with van der Waals surface area (Å²) in [7, 11) is 0. The van der Waals surface area contributed by atoms with Crippen LogP contribution < -0.4 is 21.3 Å². The van der Waals surface area contributed by atoms with Crippen LogP contribution in [-0.4, -0.2) is 145 Å². The third-order valence-electron chi connectivity index (χ3n) is 11.6. The molecule has 3 heterocycles. The molecular weight excluding hydrogens is 779 g/mol. The number of hydrogen-bond acceptors (Lipinski definition) is 10. The molecule has 0 radical (unpaired) electrons. The van der Waals surface area contributed by atoms with Gasteiger partial charge in [0.25, 0.3) is 0 Å². The molecule has 6 rings (SSSR count). The van der Waals surface area contributed by atoms with Gasteiger partial charge in [-0.1, -0.05) is 54.4 Å². The second kappa shape index (κ2) is 18.1. The molecule has 7 amide bonds. The minimum absolute atomic E-state index is 0.0180. The van der Waals surface area contributed by atoms with E-state index < -0.39 is 77.6 Å². The Hall–Kier alpha value is -5.00. The molecule has 17 heteroatoms. The first-order valence-corrected chi connectivity index (χ1v) is 21.3. The van der Waals surface area contributed by atoms with E-state index in [1.165, 1.54) is 23.6 Å². The van der Waals surface area contributed by atoms with Crippen molar-refractivity contribution in [3.8, 4) is 0 Å². The van der Waals surface area contributed by atoms with Crippen molar-refractivity contribution in [1.82, 2.24) is 30.7 Å². The van der Waals surface area contributed by atoms with E-state index in [-0.39, 0.29) is 49.3 Å². The number of carbonyl (C=O) groups is 7. The smallest absolute Gasteiger partial charge is 0.319 e. The summed E-state index contributed by atoms with van der Waals surface area (Å²) in [6.45, 7) is 8.96. The van der Waals surface area contributed by atoms with E-state index >= 15 is 0 Å². The van der Waals surface area contributed by atoms with Gasteiger partial charge in [-0.25, -0.2) is 4.79 Å². The van der Waals surface area contributed by atoms with Crippen molar-refractivity contribution in [1.29, 1.82) is 0 Å². The van der Waals surface area contributed by atoms with Crippen LogP contribution in [0.3, 0.4) is 0 Å². The van der Waals surface area contributed by atoms with E-state index in [9.17, 15) is 43.8 Å². The third-order valence-corrected chi connectivity index (χ3v) is 12.6. The quantitative estimate of drug-likeness (QED) is 0.178. The van der Waals surface area contributed by atoms with Crippen LogP contribution in [0.4, 0.5) is 10.5 Å². The number of nitrogens with zero attached hydrogens (tertiary/aromatic N) is 3. The summed E-state index contributed by atoms with van der Waals surface area (Å²) < 4.78 is 0. The van der Waals surface area contributed by atoms with Crippen molar-refractivity contribution in [2.45, 2.75) is 108 Å². The predicted octanol–water partition coefficient (Wildman–Crippen LogP) is 0.892. The average molecular weight is 834 g/mol. The van der Waals surface area contributed by atoms with Crippen molar-refractivity contribution in [2.24, 2.45) is 5.92 Å². The van der Waals surface area contributed by atoms with Crippen LogP contribution >= 0.6 is 11.8 Å². The van der Waals surface area contributed by atoms with Crippen LogP contribution in [0.5, 0.6) is 0 Å². The first kappa shape index (κ1) is 43.6. The van der Waals surface area contributed by atoms with Gasteiger partial charge < -0.3 is 46.2 Å². The molecule has 2 aromatic rings. The molecule has 16 nitrogen and oxygen atoms in total. The number of anilines is 1. The SMILES string of the molecule is Cc1ccc(NC(=O)N[C@@H](Cc2cccc(C)c2)C(=O)N[C@H](C(=O)N2C[C@H](O)C[C@H]2C(=O)N2CCSC[C@H]2C(=O)N[C@@H](C)C(=O)N2C[C@H](C)C[C@]23CC3=O)[C@H](C)O)cc1. The third kappa shape index (κ3) is 9.90. The second-order valence-corrected chi connectivity index (χ2v) is 17.7. The lowest BCUT2D eigenvalue weighted by molar-refractivity contribution is -0.150. The van der Waals surface area contributed by atoms with Crippen molar-refractivity contribution in [3.63, 3.8) is 0 Å². The number of nitrogens with one attached hydrogen (secondary N) is 4. The van der Waals surface area contributed by atoms with Gasteiger partial charge in [0.15, 0.2) is 5.78 Å². The molecule has 0 unspecified atom stereocenters. The molecule has 318 valence electrons. The number of likely N-dealkylation sites (tertiary alicyclic amines) is 2. The number of β-amino-alcohol motifs (C(OH)–C–C–N with tert-alkyl or cyclic N) is 1. The van der Waals surface area contributed by atoms with Crippen LogP contribution in [0.25, 0.3) is 0 Å².